The zero-order valence-corrected chi connectivity index (χ0v) is 17.9. The highest BCUT2D eigenvalue weighted by atomic mass is 16.6. The molecule has 0 spiro atoms. The number of pyridine rings is 1. The molecule has 0 aliphatic carbocycles. The summed E-state index contributed by atoms with van der Waals surface area (Å²) >= 11 is 0. The molecule has 0 radical (unpaired) electrons. The average molecular weight is 423 g/mol. The summed E-state index contributed by atoms with van der Waals surface area (Å²) < 4.78 is 11.8. The van der Waals surface area contributed by atoms with Crippen LogP contribution < -0.4 is 5.32 Å². The minimum Gasteiger partial charge on any atom is -0.467 e. The van der Waals surface area contributed by atoms with E-state index in [9.17, 15) is 14.4 Å². The SMILES string of the molecule is COC(=O)[C@H](Cc1cn(C(=O)OC(C)(C)C)c2ccccc12)NC(=O)c1cccnc1. The van der Waals surface area contributed by atoms with Gasteiger partial charge in [0.25, 0.3) is 5.91 Å². The zero-order chi connectivity index (χ0) is 22.6. The van der Waals surface area contributed by atoms with Gasteiger partial charge in [-0.15, -0.1) is 0 Å². The van der Waals surface area contributed by atoms with Crippen LogP contribution in [0.5, 0.6) is 0 Å². The van der Waals surface area contributed by atoms with Crippen LogP contribution in [0.3, 0.4) is 0 Å². The third kappa shape index (κ3) is 5.28. The smallest absolute Gasteiger partial charge is 0.419 e. The fourth-order valence-corrected chi connectivity index (χ4v) is 3.17. The molecule has 0 aliphatic rings. The van der Waals surface area contributed by atoms with Gasteiger partial charge >= 0.3 is 12.1 Å². The molecule has 8 heteroatoms. The first-order chi connectivity index (χ1) is 14.7. The number of fused-ring (bicyclic) bond motifs is 1. The number of para-hydroxylation sites is 1. The van der Waals surface area contributed by atoms with E-state index in [0.717, 1.165) is 5.39 Å². The third-order valence-corrected chi connectivity index (χ3v) is 4.52. The highest BCUT2D eigenvalue weighted by molar-refractivity contribution is 5.97. The minimum absolute atomic E-state index is 0.134. The van der Waals surface area contributed by atoms with E-state index >= 15 is 0 Å². The Kier molecular flexibility index (Phi) is 6.39. The van der Waals surface area contributed by atoms with Crippen molar-refractivity contribution in [2.24, 2.45) is 0 Å². The number of carbonyl (C=O) groups is 3. The van der Waals surface area contributed by atoms with Gasteiger partial charge in [-0.3, -0.25) is 14.3 Å². The van der Waals surface area contributed by atoms with Crippen molar-refractivity contribution in [1.29, 1.82) is 0 Å². The molecule has 2 aromatic heterocycles. The average Bonchev–Trinajstić information content (AvgIpc) is 3.11. The minimum atomic E-state index is -0.949. The number of hydrogen-bond acceptors (Lipinski definition) is 6. The molecule has 0 fully saturated rings. The molecule has 0 bridgehead atoms. The summed E-state index contributed by atoms with van der Waals surface area (Å²) in [5.41, 5.74) is 1.01. The summed E-state index contributed by atoms with van der Waals surface area (Å²) in [7, 11) is 1.26. The van der Waals surface area contributed by atoms with E-state index < -0.39 is 29.6 Å². The Labute approximate surface area is 180 Å². The zero-order valence-electron chi connectivity index (χ0n) is 17.9. The predicted octanol–water partition coefficient (Wildman–Crippen LogP) is 3.33. The molecule has 31 heavy (non-hydrogen) atoms. The number of nitrogens with one attached hydrogen (secondary N) is 1. The molecule has 8 nitrogen and oxygen atoms in total. The molecular formula is C23H25N3O5. The van der Waals surface area contributed by atoms with Crippen LogP contribution in [0, 0.1) is 0 Å². The Morgan fingerprint density at radius 3 is 2.52 bits per heavy atom. The van der Waals surface area contributed by atoms with Crippen LogP contribution >= 0.6 is 0 Å². The van der Waals surface area contributed by atoms with E-state index in [2.05, 4.69) is 10.3 Å². The first-order valence-corrected chi connectivity index (χ1v) is 9.80. The van der Waals surface area contributed by atoms with Gasteiger partial charge in [0.2, 0.25) is 0 Å². The van der Waals surface area contributed by atoms with E-state index in [1.54, 1.807) is 51.4 Å². The Bertz CT molecular complexity index is 1100. The van der Waals surface area contributed by atoms with Gasteiger partial charge in [-0.1, -0.05) is 18.2 Å². The van der Waals surface area contributed by atoms with Gasteiger partial charge in [0.15, 0.2) is 0 Å². The maximum atomic E-state index is 12.7. The summed E-state index contributed by atoms with van der Waals surface area (Å²) in [6, 6.07) is 9.59. The van der Waals surface area contributed by atoms with Gasteiger partial charge in [0.05, 0.1) is 18.2 Å². The van der Waals surface area contributed by atoms with Crippen molar-refractivity contribution in [2.45, 2.75) is 38.8 Å². The number of methoxy groups -OCH3 is 1. The predicted molar refractivity (Wildman–Crippen MR) is 115 cm³/mol. The van der Waals surface area contributed by atoms with Gasteiger partial charge in [-0.05, 0) is 44.5 Å². The molecule has 1 aromatic carbocycles. The van der Waals surface area contributed by atoms with Crippen LogP contribution in [0.1, 0.15) is 36.7 Å². The van der Waals surface area contributed by atoms with Crippen molar-refractivity contribution in [2.75, 3.05) is 7.11 Å². The van der Waals surface area contributed by atoms with Gasteiger partial charge in [-0.2, -0.15) is 0 Å². The number of aromatic nitrogens is 2. The molecule has 3 aromatic rings. The first kappa shape index (κ1) is 22.0. The number of hydrogen-bond donors (Lipinski definition) is 1. The quantitative estimate of drug-likeness (QED) is 0.632. The molecule has 3 rings (SSSR count). The standard InChI is InChI=1S/C23H25N3O5/c1-23(2,3)31-22(29)26-14-16(17-9-5-6-10-19(17)26)12-18(21(28)30-4)25-20(27)15-8-7-11-24-13-15/h5-11,13-14,18H,12H2,1-4H3,(H,25,27)/t18-/m0/s1. The van der Waals surface area contributed by atoms with Crippen molar-refractivity contribution in [3.05, 3.63) is 66.1 Å². The van der Waals surface area contributed by atoms with Gasteiger partial charge in [0, 0.05) is 30.4 Å². The highest BCUT2D eigenvalue weighted by Gasteiger charge is 2.26. The lowest BCUT2D eigenvalue weighted by Gasteiger charge is -2.19. The largest absolute Gasteiger partial charge is 0.467 e. The second-order valence-corrected chi connectivity index (χ2v) is 8.02. The van der Waals surface area contributed by atoms with Crippen molar-refractivity contribution in [1.82, 2.24) is 14.9 Å². The number of ether oxygens (including phenoxy) is 2. The summed E-state index contributed by atoms with van der Waals surface area (Å²) in [6.07, 6.45) is 4.21. The van der Waals surface area contributed by atoms with E-state index in [1.165, 1.54) is 17.9 Å². The summed E-state index contributed by atoms with van der Waals surface area (Å²) in [4.78, 5) is 41.6. The molecule has 0 saturated carbocycles. The van der Waals surface area contributed by atoms with Gasteiger partial charge in [-0.25, -0.2) is 9.59 Å². The van der Waals surface area contributed by atoms with Crippen LogP contribution in [0.2, 0.25) is 0 Å². The number of esters is 1. The second kappa shape index (κ2) is 8.99. The molecule has 0 unspecified atom stereocenters. The van der Waals surface area contributed by atoms with E-state index in [0.29, 0.717) is 16.6 Å². The number of amides is 1. The van der Waals surface area contributed by atoms with Crippen molar-refractivity contribution in [3.8, 4) is 0 Å². The van der Waals surface area contributed by atoms with Crippen LogP contribution in [-0.2, 0) is 20.7 Å². The number of benzene rings is 1. The third-order valence-electron chi connectivity index (χ3n) is 4.52. The van der Waals surface area contributed by atoms with Gasteiger partial charge < -0.3 is 14.8 Å². The van der Waals surface area contributed by atoms with Crippen molar-refractivity contribution in [3.63, 3.8) is 0 Å². The van der Waals surface area contributed by atoms with Crippen LogP contribution in [0.4, 0.5) is 4.79 Å². The first-order valence-electron chi connectivity index (χ1n) is 9.80. The fourth-order valence-electron chi connectivity index (χ4n) is 3.17. The van der Waals surface area contributed by atoms with E-state index in [-0.39, 0.29) is 6.42 Å². The molecule has 1 atom stereocenters. The van der Waals surface area contributed by atoms with Crippen LogP contribution in [-0.4, -0.2) is 46.3 Å². The van der Waals surface area contributed by atoms with Crippen molar-refractivity contribution >= 4 is 28.9 Å². The molecule has 1 amide bonds. The Hall–Kier alpha value is -3.68. The maximum Gasteiger partial charge on any atom is 0.419 e. The van der Waals surface area contributed by atoms with E-state index in [4.69, 9.17) is 9.47 Å². The molecule has 162 valence electrons. The summed E-state index contributed by atoms with van der Waals surface area (Å²) in [5, 5.41) is 3.47. The van der Waals surface area contributed by atoms with Crippen LogP contribution in [0.15, 0.2) is 55.0 Å². The second-order valence-electron chi connectivity index (χ2n) is 8.02. The lowest BCUT2D eigenvalue weighted by Crippen LogP contribution is -2.43. The number of carbonyl (C=O) groups excluding carboxylic acids is 3. The Morgan fingerprint density at radius 1 is 1.13 bits per heavy atom. The number of rotatable bonds is 5. The fraction of sp³-hybridized carbons (Fsp3) is 0.304. The van der Waals surface area contributed by atoms with Crippen LogP contribution in [0.25, 0.3) is 10.9 Å². The Balaban J connectivity index is 1.92. The lowest BCUT2D eigenvalue weighted by molar-refractivity contribution is -0.142. The Morgan fingerprint density at radius 2 is 1.87 bits per heavy atom. The van der Waals surface area contributed by atoms with E-state index in [1.807, 2.05) is 18.2 Å². The molecule has 2 heterocycles. The summed E-state index contributed by atoms with van der Waals surface area (Å²) in [5.74, 6) is -1.04. The normalized spacial score (nSPS) is 12.3. The lowest BCUT2D eigenvalue weighted by atomic mass is 10.0. The summed E-state index contributed by atoms with van der Waals surface area (Å²) in [6.45, 7) is 5.37. The van der Waals surface area contributed by atoms with Gasteiger partial charge in [0.1, 0.15) is 11.6 Å². The highest BCUT2D eigenvalue weighted by Crippen LogP contribution is 2.24. The molecule has 0 saturated heterocycles. The maximum absolute atomic E-state index is 12.7. The molecule has 0 aliphatic heterocycles. The number of nitrogens with zero attached hydrogens (tertiary/aromatic N) is 2. The molecule has 1 N–H and O–H groups in total. The topological polar surface area (TPSA) is 99.5 Å². The van der Waals surface area contributed by atoms with Crippen molar-refractivity contribution < 1.29 is 23.9 Å². The monoisotopic (exact) mass is 423 g/mol. The molecular weight excluding hydrogens is 398 g/mol.